The van der Waals surface area contributed by atoms with Gasteiger partial charge < -0.3 is 5.32 Å². The second-order valence-corrected chi connectivity index (χ2v) is 4.53. The smallest absolute Gasteiger partial charge is 0.295 e. The first kappa shape index (κ1) is 13.0. The number of benzene rings is 1. The Hall–Kier alpha value is -3.03. The fraction of sp³-hybridized carbons (Fsp3) is 0.154. The molecule has 0 radical (unpaired) electrons. The molecule has 2 aromatic heterocycles. The van der Waals surface area contributed by atoms with Crippen molar-refractivity contribution >= 4 is 22.3 Å². The second-order valence-electron chi connectivity index (χ2n) is 4.53. The van der Waals surface area contributed by atoms with Gasteiger partial charge in [-0.3, -0.25) is 15.2 Å². The number of pyridine rings is 1. The third kappa shape index (κ3) is 2.38. The summed E-state index contributed by atoms with van der Waals surface area (Å²) >= 11 is 0. The first-order valence-electron chi connectivity index (χ1n) is 6.30. The summed E-state index contributed by atoms with van der Waals surface area (Å²) in [6.45, 7) is 1.92. The van der Waals surface area contributed by atoms with Crippen LogP contribution in [0.15, 0.2) is 36.8 Å². The van der Waals surface area contributed by atoms with Crippen molar-refractivity contribution in [2.24, 2.45) is 0 Å². The number of nitro groups is 1. The van der Waals surface area contributed by atoms with Crippen molar-refractivity contribution in [1.82, 2.24) is 20.2 Å². The van der Waals surface area contributed by atoms with E-state index in [0.717, 1.165) is 5.69 Å². The molecule has 0 fully saturated rings. The van der Waals surface area contributed by atoms with Crippen LogP contribution in [-0.2, 0) is 0 Å². The van der Waals surface area contributed by atoms with Crippen LogP contribution < -0.4 is 5.32 Å². The molecule has 0 amide bonds. The van der Waals surface area contributed by atoms with Crippen LogP contribution in [0.4, 0.5) is 11.4 Å². The summed E-state index contributed by atoms with van der Waals surface area (Å²) < 4.78 is 0. The van der Waals surface area contributed by atoms with Gasteiger partial charge in [-0.25, -0.2) is 9.97 Å². The standard InChI is InChI=1S/C13H12N6O2/c1-8(13-15-7-16-18-13)17-10-4-5-11(19(20)21)12-9(10)3-2-6-14-12/h2-8,17H,1H3,(H,15,16,18). The molecule has 1 aromatic carbocycles. The number of hydrogen-bond acceptors (Lipinski definition) is 6. The van der Waals surface area contributed by atoms with Crippen LogP contribution in [-0.4, -0.2) is 25.1 Å². The van der Waals surface area contributed by atoms with Crippen LogP contribution in [0.25, 0.3) is 10.9 Å². The molecule has 21 heavy (non-hydrogen) atoms. The van der Waals surface area contributed by atoms with Crippen LogP contribution in [0, 0.1) is 10.1 Å². The summed E-state index contributed by atoms with van der Waals surface area (Å²) in [6, 6.07) is 6.55. The monoisotopic (exact) mass is 284 g/mol. The Kier molecular flexibility index (Phi) is 3.19. The zero-order chi connectivity index (χ0) is 14.8. The molecular formula is C13H12N6O2. The van der Waals surface area contributed by atoms with E-state index in [4.69, 9.17) is 0 Å². The topological polar surface area (TPSA) is 110 Å². The number of nitrogens with one attached hydrogen (secondary N) is 2. The minimum absolute atomic E-state index is 0.0107. The summed E-state index contributed by atoms with van der Waals surface area (Å²) in [5, 5.41) is 21.6. The Morgan fingerprint density at radius 1 is 1.33 bits per heavy atom. The summed E-state index contributed by atoms with van der Waals surface area (Å²) in [7, 11) is 0. The van der Waals surface area contributed by atoms with Crippen molar-refractivity contribution in [3.63, 3.8) is 0 Å². The molecule has 3 aromatic rings. The van der Waals surface area contributed by atoms with Gasteiger partial charge in [-0.15, -0.1) is 0 Å². The molecular weight excluding hydrogens is 272 g/mol. The van der Waals surface area contributed by atoms with E-state index in [1.807, 2.05) is 6.92 Å². The SMILES string of the molecule is CC(Nc1ccc([N+](=O)[O-])c2ncccc12)c1ncn[nH]1. The first-order chi connectivity index (χ1) is 10.2. The molecule has 106 valence electrons. The highest BCUT2D eigenvalue weighted by molar-refractivity contribution is 5.96. The lowest BCUT2D eigenvalue weighted by Crippen LogP contribution is -2.09. The maximum atomic E-state index is 11.1. The number of non-ortho nitro benzene ring substituents is 1. The fourth-order valence-electron chi connectivity index (χ4n) is 2.16. The molecule has 8 nitrogen and oxygen atoms in total. The number of aromatic nitrogens is 4. The minimum Gasteiger partial charge on any atom is -0.375 e. The summed E-state index contributed by atoms with van der Waals surface area (Å²) in [5.74, 6) is 0.686. The number of hydrogen-bond donors (Lipinski definition) is 2. The summed E-state index contributed by atoms with van der Waals surface area (Å²) in [6.07, 6.45) is 2.97. The second kappa shape index (κ2) is 5.16. The molecule has 2 N–H and O–H groups in total. The van der Waals surface area contributed by atoms with Gasteiger partial charge in [0.25, 0.3) is 5.69 Å². The minimum atomic E-state index is -0.432. The van der Waals surface area contributed by atoms with E-state index in [1.54, 1.807) is 24.4 Å². The Labute approximate surface area is 119 Å². The Balaban J connectivity index is 2.04. The van der Waals surface area contributed by atoms with Gasteiger partial charge in [0.05, 0.1) is 11.0 Å². The highest BCUT2D eigenvalue weighted by Crippen LogP contribution is 2.31. The number of fused-ring (bicyclic) bond motifs is 1. The summed E-state index contributed by atoms with van der Waals surface area (Å²) in [5.41, 5.74) is 1.10. The number of rotatable bonds is 4. The molecule has 0 aliphatic carbocycles. The normalized spacial score (nSPS) is 12.2. The Morgan fingerprint density at radius 3 is 2.90 bits per heavy atom. The van der Waals surface area contributed by atoms with Crippen LogP contribution >= 0.6 is 0 Å². The Bertz CT molecular complexity index is 786. The van der Waals surface area contributed by atoms with E-state index >= 15 is 0 Å². The lowest BCUT2D eigenvalue weighted by Gasteiger charge is -2.14. The van der Waals surface area contributed by atoms with Gasteiger partial charge in [0.15, 0.2) is 0 Å². The van der Waals surface area contributed by atoms with Gasteiger partial charge in [-0.1, -0.05) is 0 Å². The molecule has 8 heteroatoms. The average Bonchev–Trinajstić information content (AvgIpc) is 3.01. The van der Waals surface area contributed by atoms with Crippen molar-refractivity contribution in [2.45, 2.75) is 13.0 Å². The predicted molar refractivity (Wildman–Crippen MR) is 76.8 cm³/mol. The largest absolute Gasteiger partial charge is 0.375 e. The van der Waals surface area contributed by atoms with Gasteiger partial charge in [0.2, 0.25) is 0 Å². The zero-order valence-electron chi connectivity index (χ0n) is 11.1. The van der Waals surface area contributed by atoms with Crippen LogP contribution in [0.2, 0.25) is 0 Å². The van der Waals surface area contributed by atoms with E-state index in [1.165, 1.54) is 12.4 Å². The van der Waals surface area contributed by atoms with Crippen molar-refractivity contribution < 1.29 is 4.92 Å². The van der Waals surface area contributed by atoms with E-state index in [-0.39, 0.29) is 11.7 Å². The maximum absolute atomic E-state index is 11.1. The number of anilines is 1. The van der Waals surface area contributed by atoms with E-state index in [2.05, 4.69) is 25.5 Å². The molecule has 0 spiro atoms. The lowest BCUT2D eigenvalue weighted by molar-refractivity contribution is -0.383. The first-order valence-corrected chi connectivity index (χ1v) is 6.30. The van der Waals surface area contributed by atoms with Gasteiger partial charge in [0.1, 0.15) is 17.7 Å². The number of H-pyrrole nitrogens is 1. The molecule has 1 unspecified atom stereocenters. The third-order valence-electron chi connectivity index (χ3n) is 3.16. The van der Waals surface area contributed by atoms with Gasteiger partial charge in [-0.2, -0.15) is 5.10 Å². The highest BCUT2D eigenvalue weighted by atomic mass is 16.6. The van der Waals surface area contributed by atoms with Crippen molar-refractivity contribution in [3.8, 4) is 0 Å². The molecule has 3 rings (SSSR count). The van der Waals surface area contributed by atoms with Crippen molar-refractivity contribution in [2.75, 3.05) is 5.32 Å². The van der Waals surface area contributed by atoms with Crippen molar-refractivity contribution in [1.29, 1.82) is 0 Å². The molecule has 0 saturated carbocycles. The molecule has 0 bridgehead atoms. The van der Waals surface area contributed by atoms with Gasteiger partial charge in [0, 0.05) is 23.3 Å². The number of aromatic amines is 1. The lowest BCUT2D eigenvalue weighted by atomic mass is 10.1. The van der Waals surface area contributed by atoms with Gasteiger partial charge in [-0.05, 0) is 25.1 Å². The molecule has 0 saturated heterocycles. The van der Waals surface area contributed by atoms with E-state index < -0.39 is 4.92 Å². The van der Waals surface area contributed by atoms with Crippen LogP contribution in [0.1, 0.15) is 18.8 Å². The van der Waals surface area contributed by atoms with Crippen molar-refractivity contribution in [3.05, 3.63) is 52.7 Å². The maximum Gasteiger partial charge on any atom is 0.295 e. The molecule has 1 atom stereocenters. The fourth-order valence-corrected chi connectivity index (χ4v) is 2.16. The number of nitrogens with zero attached hydrogens (tertiary/aromatic N) is 4. The summed E-state index contributed by atoms with van der Waals surface area (Å²) in [4.78, 5) is 18.8. The highest BCUT2D eigenvalue weighted by Gasteiger charge is 2.17. The van der Waals surface area contributed by atoms with Gasteiger partial charge >= 0.3 is 0 Å². The van der Waals surface area contributed by atoms with E-state index in [0.29, 0.717) is 16.7 Å². The molecule has 2 heterocycles. The third-order valence-corrected chi connectivity index (χ3v) is 3.16. The predicted octanol–water partition coefficient (Wildman–Crippen LogP) is 2.43. The molecule has 0 aliphatic rings. The Morgan fingerprint density at radius 2 is 2.19 bits per heavy atom. The zero-order valence-corrected chi connectivity index (χ0v) is 11.1. The van der Waals surface area contributed by atoms with E-state index in [9.17, 15) is 10.1 Å². The average molecular weight is 284 g/mol. The number of nitro benzene ring substituents is 1. The van der Waals surface area contributed by atoms with Crippen LogP contribution in [0.5, 0.6) is 0 Å². The van der Waals surface area contributed by atoms with Crippen LogP contribution in [0.3, 0.4) is 0 Å². The quantitative estimate of drug-likeness (QED) is 0.562. The molecule has 0 aliphatic heterocycles.